The van der Waals surface area contributed by atoms with Crippen molar-refractivity contribution >= 4 is 40.6 Å². The van der Waals surface area contributed by atoms with Gasteiger partial charge in [-0.05, 0) is 73.3 Å². The number of benzene rings is 2. The van der Waals surface area contributed by atoms with Crippen molar-refractivity contribution in [3.05, 3.63) is 70.9 Å². The fourth-order valence-corrected chi connectivity index (χ4v) is 4.63. The van der Waals surface area contributed by atoms with Gasteiger partial charge in [0.25, 0.3) is 5.91 Å². The van der Waals surface area contributed by atoms with Crippen LogP contribution in [0.2, 0.25) is 0 Å². The Morgan fingerprint density at radius 2 is 1.74 bits per heavy atom. The average Bonchev–Trinajstić information content (AvgIpc) is 3.46. The van der Waals surface area contributed by atoms with E-state index in [-0.39, 0.29) is 12.3 Å². The highest BCUT2D eigenvalue weighted by Gasteiger charge is 2.46. The number of anilines is 2. The SMILES string of the molecule is CCOc1ccc(NC(=O)C[C@H]2C(=O)N(c3ccc(OC)cc3)C(=O)N2CCc2cccs2)cc1. The summed E-state index contributed by atoms with van der Waals surface area (Å²) in [4.78, 5) is 43.3. The third-order valence-electron chi connectivity index (χ3n) is 5.66. The van der Waals surface area contributed by atoms with Crippen LogP contribution in [-0.4, -0.2) is 49.0 Å². The maximum atomic E-state index is 13.4. The average molecular weight is 494 g/mol. The van der Waals surface area contributed by atoms with E-state index in [4.69, 9.17) is 9.47 Å². The number of nitrogens with one attached hydrogen (secondary N) is 1. The summed E-state index contributed by atoms with van der Waals surface area (Å²) in [5, 5.41) is 4.79. The normalized spacial score (nSPS) is 15.4. The van der Waals surface area contributed by atoms with Crippen LogP contribution < -0.4 is 19.7 Å². The van der Waals surface area contributed by atoms with Crippen LogP contribution >= 0.6 is 11.3 Å². The molecule has 182 valence electrons. The molecule has 0 spiro atoms. The van der Waals surface area contributed by atoms with Gasteiger partial charge in [0.15, 0.2) is 0 Å². The van der Waals surface area contributed by atoms with Gasteiger partial charge in [-0.2, -0.15) is 0 Å². The summed E-state index contributed by atoms with van der Waals surface area (Å²) in [6, 6.07) is 16.3. The predicted octanol–water partition coefficient (Wildman–Crippen LogP) is 4.56. The number of thiophene rings is 1. The third kappa shape index (κ3) is 5.63. The van der Waals surface area contributed by atoms with Gasteiger partial charge in [0.2, 0.25) is 5.91 Å². The van der Waals surface area contributed by atoms with E-state index in [9.17, 15) is 14.4 Å². The van der Waals surface area contributed by atoms with Gasteiger partial charge in [-0.25, -0.2) is 9.69 Å². The van der Waals surface area contributed by atoms with Crippen LogP contribution in [0.5, 0.6) is 11.5 Å². The fraction of sp³-hybridized carbons (Fsp3) is 0.269. The fourth-order valence-electron chi connectivity index (χ4n) is 3.93. The molecule has 0 bridgehead atoms. The summed E-state index contributed by atoms with van der Waals surface area (Å²) in [6.45, 7) is 2.78. The lowest BCUT2D eigenvalue weighted by Gasteiger charge is -2.21. The Kier molecular flexibility index (Phi) is 7.67. The van der Waals surface area contributed by atoms with E-state index >= 15 is 0 Å². The summed E-state index contributed by atoms with van der Waals surface area (Å²) in [6.07, 6.45) is 0.457. The molecule has 0 aliphatic carbocycles. The second-order valence-electron chi connectivity index (χ2n) is 7.90. The minimum Gasteiger partial charge on any atom is -0.497 e. The van der Waals surface area contributed by atoms with E-state index in [0.29, 0.717) is 42.4 Å². The van der Waals surface area contributed by atoms with Crippen LogP contribution in [0.15, 0.2) is 66.0 Å². The Balaban J connectivity index is 1.51. The smallest absolute Gasteiger partial charge is 0.332 e. The molecule has 4 rings (SSSR count). The highest BCUT2D eigenvalue weighted by molar-refractivity contribution is 7.09. The van der Waals surface area contributed by atoms with E-state index in [2.05, 4.69) is 5.32 Å². The molecule has 4 amide bonds. The van der Waals surface area contributed by atoms with Gasteiger partial charge in [-0.3, -0.25) is 9.59 Å². The van der Waals surface area contributed by atoms with Gasteiger partial charge in [-0.15, -0.1) is 11.3 Å². The molecule has 0 unspecified atom stereocenters. The minimum absolute atomic E-state index is 0.144. The lowest BCUT2D eigenvalue weighted by Crippen LogP contribution is -2.39. The number of carbonyl (C=O) groups excluding carboxylic acids is 3. The lowest BCUT2D eigenvalue weighted by molar-refractivity contribution is -0.124. The molecule has 1 aliphatic heterocycles. The first-order chi connectivity index (χ1) is 17.0. The molecular weight excluding hydrogens is 466 g/mol. The lowest BCUT2D eigenvalue weighted by atomic mass is 10.1. The molecular formula is C26H27N3O5S. The number of hydrogen-bond acceptors (Lipinski definition) is 6. The summed E-state index contributed by atoms with van der Waals surface area (Å²) in [5.41, 5.74) is 1.03. The Labute approximate surface area is 208 Å². The molecule has 1 aliphatic rings. The number of nitrogens with zero attached hydrogens (tertiary/aromatic N) is 2. The number of imide groups is 1. The molecule has 1 aromatic heterocycles. The molecule has 0 radical (unpaired) electrons. The molecule has 1 atom stereocenters. The largest absolute Gasteiger partial charge is 0.497 e. The Morgan fingerprint density at radius 3 is 2.37 bits per heavy atom. The van der Waals surface area contributed by atoms with Crippen LogP contribution in [0.1, 0.15) is 18.2 Å². The predicted molar refractivity (Wildman–Crippen MR) is 135 cm³/mol. The van der Waals surface area contributed by atoms with E-state index in [1.165, 1.54) is 4.90 Å². The molecule has 8 nitrogen and oxygen atoms in total. The van der Waals surface area contributed by atoms with Crippen molar-refractivity contribution in [3.63, 3.8) is 0 Å². The summed E-state index contributed by atoms with van der Waals surface area (Å²) < 4.78 is 10.6. The second-order valence-corrected chi connectivity index (χ2v) is 8.93. The van der Waals surface area contributed by atoms with E-state index < -0.39 is 18.0 Å². The summed E-state index contributed by atoms with van der Waals surface area (Å²) >= 11 is 1.59. The molecule has 2 aromatic carbocycles. The molecule has 3 aromatic rings. The van der Waals surface area contributed by atoms with Crippen molar-refractivity contribution < 1.29 is 23.9 Å². The Bertz CT molecular complexity index is 1160. The monoisotopic (exact) mass is 493 g/mol. The molecule has 9 heteroatoms. The number of carbonyl (C=O) groups is 3. The molecule has 0 saturated carbocycles. The van der Waals surface area contributed by atoms with Crippen molar-refractivity contribution in [1.29, 1.82) is 0 Å². The Morgan fingerprint density at radius 1 is 1.03 bits per heavy atom. The van der Waals surface area contributed by atoms with Crippen molar-refractivity contribution in [2.45, 2.75) is 25.8 Å². The highest BCUT2D eigenvalue weighted by atomic mass is 32.1. The molecule has 1 fully saturated rings. The van der Waals surface area contributed by atoms with Crippen molar-refractivity contribution in [3.8, 4) is 11.5 Å². The van der Waals surface area contributed by atoms with Crippen molar-refractivity contribution in [1.82, 2.24) is 4.90 Å². The van der Waals surface area contributed by atoms with E-state index in [0.717, 1.165) is 9.78 Å². The van der Waals surface area contributed by atoms with Gasteiger partial charge in [0.05, 0.1) is 25.8 Å². The second kappa shape index (κ2) is 11.1. The van der Waals surface area contributed by atoms with Gasteiger partial charge in [0.1, 0.15) is 17.5 Å². The van der Waals surface area contributed by atoms with Crippen molar-refractivity contribution in [2.24, 2.45) is 0 Å². The standard InChI is InChI=1S/C26H27N3O5S/c1-3-34-21-10-6-18(7-11-21)27-24(30)17-23-25(31)29(19-8-12-20(33-2)13-9-19)26(32)28(23)15-14-22-5-4-16-35-22/h4-13,16,23H,3,14-15,17H2,1-2H3,(H,27,30)/t23-/m0/s1. The first-order valence-corrected chi connectivity index (χ1v) is 12.2. The maximum Gasteiger partial charge on any atom is 0.332 e. The highest BCUT2D eigenvalue weighted by Crippen LogP contribution is 2.29. The van der Waals surface area contributed by atoms with Crippen molar-refractivity contribution in [2.75, 3.05) is 30.5 Å². The zero-order chi connectivity index (χ0) is 24.8. The molecule has 1 N–H and O–H groups in total. The van der Waals surface area contributed by atoms with Gasteiger partial charge >= 0.3 is 6.03 Å². The molecule has 2 heterocycles. The maximum absolute atomic E-state index is 13.4. The van der Waals surface area contributed by atoms with Gasteiger partial charge in [-0.1, -0.05) is 6.07 Å². The van der Waals surface area contributed by atoms with Crippen LogP contribution in [0, 0.1) is 0 Å². The molecule has 35 heavy (non-hydrogen) atoms. The number of urea groups is 1. The first kappa shape index (κ1) is 24.3. The van der Waals surface area contributed by atoms with Crippen LogP contribution in [0.4, 0.5) is 16.2 Å². The van der Waals surface area contributed by atoms with Gasteiger partial charge < -0.3 is 19.7 Å². The topological polar surface area (TPSA) is 88.2 Å². The quantitative estimate of drug-likeness (QED) is 0.418. The number of amides is 4. The zero-order valence-electron chi connectivity index (χ0n) is 19.6. The Hall–Kier alpha value is -3.85. The number of ether oxygens (including phenoxy) is 2. The van der Waals surface area contributed by atoms with Gasteiger partial charge in [0, 0.05) is 17.1 Å². The number of hydrogen-bond donors (Lipinski definition) is 1. The van der Waals surface area contributed by atoms with E-state index in [1.54, 1.807) is 67.0 Å². The number of methoxy groups -OCH3 is 1. The number of rotatable bonds is 10. The summed E-state index contributed by atoms with van der Waals surface area (Å²) in [7, 11) is 1.55. The minimum atomic E-state index is -0.896. The summed E-state index contributed by atoms with van der Waals surface area (Å²) in [5.74, 6) is 0.553. The molecule has 1 saturated heterocycles. The van der Waals surface area contributed by atoms with Crippen LogP contribution in [-0.2, 0) is 16.0 Å². The van der Waals surface area contributed by atoms with Crippen LogP contribution in [0.3, 0.4) is 0 Å². The third-order valence-corrected chi connectivity index (χ3v) is 6.59. The van der Waals surface area contributed by atoms with Crippen LogP contribution in [0.25, 0.3) is 0 Å². The first-order valence-electron chi connectivity index (χ1n) is 11.3. The zero-order valence-corrected chi connectivity index (χ0v) is 20.4. The van der Waals surface area contributed by atoms with E-state index in [1.807, 2.05) is 24.4 Å².